The maximum atomic E-state index is 12.4. The van der Waals surface area contributed by atoms with Gasteiger partial charge in [0.25, 0.3) is 10.2 Å². The van der Waals surface area contributed by atoms with E-state index in [1.807, 2.05) is 18.2 Å². The number of hydrogen-bond donors (Lipinski definition) is 1. The highest BCUT2D eigenvalue weighted by molar-refractivity contribution is 7.87. The Morgan fingerprint density at radius 2 is 1.95 bits per heavy atom. The van der Waals surface area contributed by atoms with Crippen LogP contribution in [-0.2, 0) is 10.2 Å². The maximum Gasteiger partial charge on any atom is 0.280 e. The monoisotopic (exact) mass is 284 g/mol. The van der Waals surface area contributed by atoms with Gasteiger partial charge in [-0.25, -0.2) is 0 Å². The SMILES string of the molecule is CCC1(C)C=CC=CC1NS(=O)(=O)N1CCCCC1. The zero-order chi connectivity index (χ0) is 13.9. The van der Waals surface area contributed by atoms with Crippen LogP contribution in [0, 0.1) is 5.41 Å². The molecule has 0 aromatic carbocycles. The van der Waals surface area contributed by atoms with Crippen molar-refractivity contribution in [3.63, 3.8) is 0 Å². The van der Waals surface area contributed by atoms with Gasteiger partial charge in [-0.3, -0.25) is 0 Å². The number of nitrogens with zero attached hydrogens (tertiary/aromatic N) is 1. The van der Waals surface area contributed by atoms with Crippen molar-refractivity contribution in [2.45, 2.75) is 45.6 Å². The van der Waals surface area contributed by atoms with Crippen molar-refractivity contribution >= 4 is 10.2 Å². The van der Waals surface area contributed by atoms with E-state index in [-0.39, 0.29) is 11.5 Å². The molecule has 2 rings (SSSR count). The molecule has 0 aromatic heterocycles. The third-order valence-corrected chi connectivity index (χ3v) is 5.89. The molecule has 1 heterocycles. The van der Waals surface area contributed by atoms with E-state index in [1.54, 1.807) is 4.31 Å². The Hall–Kier alpha value is -0.650. The zero-order valence-corrected chi connectivity index (χ0v) is 12.6. The summed E-state index contributed by atoms with van der Waals surface area (Å²) in [6.45, 7) is 5.47. The predicted octanol–water partition coefficient (Wildman–Crippen LogP) is 2.22. The molecule has 1 aliphatic heterocycles. The average Bonchev–Trinajstić information content (AvgIpc) is 2.42. The summed E-state index contributed by atoms with van der Waals surface area (Å²) < 4.78 is 29.3. The fraction of sp³-hybridized carbons (Fsp3) is 0.714. The first-order valence-corrected chi connectivity index (χ1v) is 8.55. The summed E-state index contributed by atoms with van der Waals surface area (Å²) in [5.41, 5.74) is -0.141. The highest BCUT2D eigenvalue weighted by atomic mass is 32.2. The van der Waals surface area contributed by atoms with Crippen LogP contribution in [0.15, 0.2) is 24.3 Å². The van der Waals surface area contributed by atoms with Gasteiger partial charge in [0, 0.05) is 18.5 Å². The highest BCUT2D eigenvalue weighted by Crippen LogP contribution is 2.31. The van der Waals surface area contributed by atoms with Gasteiger partial charge in [0.1, 0.15) is 0 Å². The molecule has 5 heteroatoms. The fourth-order valence-corrected chi connectivity index (χ4v) is 4.18. The number of rotatable bonds is 4. The summed E-state index contributed by atoms with van der Waals surface area (Å²) in [5, 5.41) is 0. The third-order valence-electron chi connectivity index (χ3n) is 4.29. The lowest BCUT2D eigenvalue weighted by molar-refractivity contribution is 0.312. The van der Waals surface area contributed by atoms with Crippen molar-refractivity contribution in [3.8, 4) is 0 Å². The molecule has 4 nitrogen and oxygen atoms in total. The second kappa shape index (κ2) is 5.77. The summed E-state index contributed by atoms with van der Waals surface area (Å²) in [5.74, 6) is 0. The number of nitrogens with one attached hydrogen (secondary N) is 1. The van der Waals surface area contributed by atoms with Gasteiger partial charge >= 0.3 is 0 Å². The van der Waals surface area contributed by atoms with E-state index in [9.17, 15) is 8.42 Å². The molecule has 2 aliphatic rings. The molecule has 2 atom stereocenters. The summed E-state index contributed by atoms with van der Waals surface area (Å²) in [4.78, 5) is 0. The van der Waals surface area contributed by atoms with Crippen molar-refractivity contribution in [2.75, 3.05) is 13.1 Å². The van der Waals surface area contributed by atoms with Crippen LogP contribution in [0.1, 0.15) is 39.5 Å². The minimum Gasteiger partial charge on any atom is -0.195 e. The molecule has 1 fully saturated rings. The Bertz CT molecular complexity index is 464. The molecule has 0 saturated carbocycles. The summed E-state index contributed by atoms with van der Waals surface area (Å²) in [7, 11) is -3.37. The summed E-state index contributed by atoms with van der Waals surface area (Å²) >= 11 is 0. The molecule has 1 saturated heterocycles. The Labute approximate surface area is 116 Å². The van der Waals surface area contributed by atoms with Crippen LogP contribution >= 0.6 is 0 Å². The Morgan fingerprint density at radius 1 is 1.26 bits per heavy atom. The lowest BCUT2D eigenvalue weighted by Crippen LogP contribution is -2.51. The van der Waals surface area contributed by atoms with Crippen LogP contribution < -0.4 is 4.72 Å². The first kappa shape index (κ1) is 14.8. The Kier molecular flexibility index (Phi) is 4.48. The van der Waals surface area contributed by atoms with Crippen LogP contribution in [0.5, 0.6) is 0 Å². The molecular weight excluding hydrogens is 260 g/mol. The van der Waals surface area contributed by atoms with Gasteiger partial charge < -0.3 is 0 Å². The third kappa shape index (κ3) is 3.27. The topological polar surface area (TPSA) is 49.4 Å². The standard InChI is InChI=1S/C14H24N2O2S/c1-3-14(2)10-6-5-9-13(14)15-19(17,18)16-11-7-4-8-12-16/h5-6,9-10,13,15H,3-4,7-8,11-12H2,1-2H3. The molecule has 0 bridgehead atoms. The number of hydrogen-bond acceptors (Lipinski definition) is 2. The average molecular weight is 284 g/mol. The quantitative estimate of drug-likeness (QED) is 0.860. The van der Waals surface area contributed by atoms with Crippen molar-refractivity contribution in [3.05, 3.63) is 24.3 Å². The van der Waals surface area contributed by atoms with Gasteiger partial charge in [0.15, 0.2) is 0 Å². The van der Waals surface area contributed by atoms with Crippen molar-refractivity contribution in [1.82, 2.24) is 9.03 Å². The fourth-order valence-electron chi connectivity index (χ4n) is 2.63. The first-order chi connectivity index (χ1) is 8.98. The largest absolute Gasteiger partial charge is 0.280 e. The number of allylic oxidation sites excluding steroid dienone is 2. The van der Waals surface area contributed by atoms with Crippen LogP contribution in [-0.4, -0.2) is 31.9 Å². The van der Waals surface area contributed by atoms with Crippen LogP contribution in [0.25, 0.3) is 0 Å². The molecule has 0 amide bonds. The van der Waals surface area contributed by atoms with E-state index < -0.39 is 10.2 Å². The van der Waals surface area contributed by atoms with E-state index in [2.05, 4.69) is 24.6 Å². The van der Waals surface area contributed by atoms with E-state index in [4.69, 9.17) is 0 Å². The van der Waals surface area contributed by atoms with Crippen molar-refractivity contribution in [1.29, 1.82) is 0 Å². The van der Waals surface area contributed by atoms with Crippen LogP contribution in [0.4, 0.5) is 0 Å². The minimum atomic E-state index is -3.37. The van der Waals surface area contributed by atoms with E-state index in [1.165, 1.54) is 0 Å². The van der Waals surface area contributed by atoms with Gasteiger partial charge in [0.05, 0.1) is 6.04 Å². The van der Waals surface area contributed by atoms with Crippen molar-refractivity contribution < 1.29 is 8.42 Å². The van der Waals surface area contributed by atoms with Gasteiger partial charge in [-0.15, -0.1) is 0 Å². The van der Waals surface area contributed by atoms with Crippen LogP contribution in [0.2, 0.25) is 0 Å². The van der Waals surface area contributed by atoms with E-state index in [0.29, 0.717) is 13.1 Å². The normalized spacial score (nSPS) is 32.6. The molecular formula is C14H24N2O2S. The Morgan fingerprint density at radius 3 is 2.58 bits per heavy atom. The molecule has 1 aliphatic carbocycles. The van der Waals surface area contributed by atoms with Gasteiger partial charge in [0.2, 0.25) is 0 Å². The maximum absolute atomic E-state index is 12.4. The second-order valence-electron chi connectivity index (χ2n) is 5.66. The van der Waals surface area contributed by atoms with Gasteiger partial charge in [-0.2, -0.15) is 17.4 Å². The van der Waals surface area contributed by atoms with Crippen LogP contribution in [0.3, 0.4) is 0 Å². The van der Waals surface area contributed by atoms with E-state index in [0.717, 1.165) is 25.7 Å². The predicted molar refractivity (Wildman–Crippen MR) is 77.9 cm³/mol. The first-order valence-electron chi connectivity index (χ1n) is 7.11. The number of piperidine rings is 1. The lowest BCUT2D eigenvalue weighted by atomic mass is 9.78. The summed E-state index contributed by atoms with van der Waals surface area (Å²) in [6.07, 6.45) is 11.9. The lowest BCUT2D eigenvalue weighted by Gasteiger charge is -2.36. The molecule has 0 spiro atoms. The molecule has 108 valence electrons. The molecule has 19 heavy (non-hydrogen) atoms. The zero-order valence-electron chi connectivity index (χ0n) is 11.8. The summed E-state index contributed by atoms with van der Waals surface area (Å²) in [6, 6.07) is -0.158. The highest BCUT2D eigenvalue weighted by Gasteiger charge is 2.35. The smallest absolute Gasteiger partial charge is 0.195 e. The Balaban J connectivity index is 2.10. The molecule has 2 unspecified atom stereocenters. The van der Waals surface area contributed by atoms with E-state index >= 15 is 0 Å². The van der Waals surface area contributed by atoms with Gasteiger partial charge in [-0.05, 0) is 19.3 Å². The molecule has 0 aromatic rings. The minimum absolute atomic E-state index is 0.141. The van der Waals surface area contributed by atoms with Gasteiger partial charge in [-0.1, -0.05) is 44.6 Å². The molecule has 0 radical (unpaired) electrons. The molecule has 1 N–H and O–H groups in total. The second-order valence-corrected chi connectivity index (χ2v) is 7.37. The van der Waals surface area contributed by atoms with Crippen molar-refractivity contribution in [2.24, 2.45) is 5.41 Å².